The summed E-state index contributed by atoms with van der Waals surface area (Å²) in [5, 5.41) is 8.67. The Bertz CT molecular complexity index is 1160. The minimum Gasteiger partial charge on any atom is -0.497 e. The third kappa shape index (κ3) is 7.68. The first-order valence-corrected chi connectivity index (χ1v) is 12.5. The van der Waals surface area contributed by atoms with E-state index in [4.69, 9.17) is 38.0 Å². The quantitative estimate of drug-likeness (QED) is 0.190. The van der Waals surface area contributed by atoms with E-state index >= 15 is 0 Å². The van der Waals surface area contributed by atoms with Gasteiger partial charge >= 0.3 is 5.97 Å². The van der Waals surface area contributed by atoms with Crippen molar-refractivity contribution in [2.45, 2.75) is 19.8 Å². The van der Waals surface area contributed by atoms with Gasteiger partial charge in [0.1, 0.15) is 22.1 Å². The van der Waals surface area contributed by atoms with Crippen LogP contribution in [0.3, 0.4) is 0 Å². The third-order valence-electron chi connectivity index (χ3n) is 4.78. The van der Waals surface area contributed by atoms with Crippen LogP contribution in [0.5, 0.6) is 11.5 Å². The zero-order valence-electron chi connectivity index (χ0n) is 19.3. The minimum atomic E-state index is -0.476. The molecule has 10 heteroatoms. The molecule has 0 saturated heterocycles. The summed E-state index contributed by atoms with van der Waals surface area (Å²) in [6, 6.07) is 14.4. The lowest BCUT2D eigenvalue weighted by Gasteiger charge is -2.11. The Hall–Kier alpha value is -3.14. The molecule has 0 radical (unpaired) electrons. The molecule has 0 unspecified atom stereocenters. The first kappa shape index (κ1) is 26.5. The number of carbonyl (C=O) groups is 2. The lowest BCUT2D eigenvalue weighted by atomic mass is 10.0. The second-order valence-electron chi connectivity index (χ2n) is 7.21. The molecule has 0 aliphatic carbocycles. The number of anilines is 1. The molecule has 1 heterocycles. The molecule has 0 bridgehead atoms. The number of halogens is 1. The summed E-state index contributed by atoms with van der Waals surface area (Å²) < 4.78 is 16.1. The SMILES string of the molecule is CCOC(=O)c1c(-c2ccc(OC)cc2)csc1NC(=S)NC(=O)CCCOc1ccc(Cl)cc1. The van der Waals surface area contributed by atoms with E-state index in [0.29, 0.717) is 45.7 Å². The van der Waals surface area contributed by atoms with Crippen molar-refractivity contribution in [2.75, 3.05) is 25.6 Å². The molecule has 0 saturated carbocycles. The van der Waals surface area contributed by atoms with Gasteiger partial charge in [0.05, 0.1) is 20.3 Å². The van der Waals surface area contributed by atoms with Crippen LogP contribution in [-0.4, -0.2) is 37.3 Å². The second-order valence-corrected chi connectivity index (χ2v) is 8.94. The highest BCUT2D eigenvalue weighted by Crippen LogP contribution is 2.36. The molecule has 35 heavy (non-hydrogen) atoms. The van der Waals surface area contributed by atoms with Gasteiger partial charge in [0.15, 0.2) is 5.11 Å². The number of thiophene rings is 1. The normalized spacial score (nSPS) is 10.4. The fourth-order valence-electron chi connectivity index (χ4n) is 3.12. The third-order valence-corrected chi connectivity index (χ3v) is 6.13. The maximum Gasteiger partial charge on any atom is 0.341 e. The van der Waals surface area contributed by atoms with E-state index in [0.717, 1.165) is 5.56 Å². The van der Waals surface area contributed by atoms with Crippen LogP contribution in [0.15, 0.2) is 53.9 Å². The van der Waals surface area contributed by atoms with E-state index < -0.39 is 5.97 Å². The Morgan fingerprint density at radius 2 is 1.74 bits per heavy atom. The van der Waals surface area contributed by atoms with Crippen molar-refractivity contribution in [3.05, 3.63) is 64.5 Å². The summed E-state index contributed by atoms with van der Waals surface area (Å²) in [5.74, 6) is 0.661. The molecule has 2 aromatic carbocycles. The highest BCUT2D eigenvalue weighted by molar-refractivity contribution is 7.80. The smallest absolute Gasteiger partial charge is 0.341 e. The number of nitrogens with one attached hydrogen (secondary N) is 2. The molecule has 3 aromatic rings. The number of rotatable bonds is 10. The monoisotopic (exact) mass is 532 g/mol. The molecule has 0 spiro atoms. The first-order valence-electron chi connectivity index (χ1n) is 10.8. The van der Waals surface area contributed by atoms with Crippen LogP contribution >= 0.6 is 35.2 Å². The van der Waals surface area contributed by atoms with Crippen molar-refractivity contribution < 1.29 is 23.8 Å². The average molecular weight is 533 g/mol. The summed E-state index contributed by atoms with van der Waals surface area (Å²) in [6.07, 6.45) is 0.730. The highest BCUT2D eigenvalue weighted by atomic mass is 35.5. The van der Waals surface area contributed by atoms with Crippen molar-refractivity contribution in [2.24, 2.45) is 0 Å². The van der Waals surface area contributed by atoms with Crippen molar-refractivity contribution in [3.63, 3.8) is 0 Å². The van der Waals surface area contributed by atoms with Crippen molar-refractivity contribution in [1.29, 1.82) is 0 Å². The Kier molecular flexibility index (Phi) is 9.89. The Balaban J connectivity index is 1.59. The van der Waals surface area contributed by atoms with Crippen molar-refractivity contribution in [1.82, 2.24) is 5.32 Å². The average Bonchev–Trinajstić information content (AvgIpc) is 3.26. The largest absolute Gasteiger partial charge is 0.497 e. The number of benzene rings is 2. The predicted molar refractivity (Wildman–Crippen MR) is 143 cm³/mol. The topological polar surface area (TPSA) is 85.9 Å². The lowest BCUT2D eigenvalue weighted by molar-refractivity contribution is -0.119. The van der Waals surface area contributed by atoms with Gasteiger partial charge < -0.3 is 24.8 Å². The standard InChI is InChI=1S/C25H25ClN2O5S2/c1-3-32-24(30)22-20(16-6-10-18(31-2)11-7-16)15-35-23(22)28-25(34)27-21(29)5-4-14-33-19-12-8-17(26)9-13-19/h6-13,15H,3-5,14H2,1-2H3,(H2,27,28,29,34). The fraction of sp³-hybridized carbons (Fsp3) is 0.240. The molecule has 0 atom stereocenters. The van der Waals surface area contributed by atoms with Gasteiger partial charge in [-0.2, -0.15) is 0 Å². The van der Waals surface area contributed by atoms with E-state index in [-0.39, 0.29) is 24.0 Å². The van der Waals surface area contributed by atoms with Crippen LogP contribution < -0.4 is 20.1 Å². The summed E-state index contributed by atoms with van der Waals surface area (Å²) in [6.45, 7) is 2.35. The van der Waals surface area contributed by atoms with E-state index in [2.05, 4.69) is 10.6 Å². The Morgan fingerprint density at radius 1 is 1.06 bits per heavy atom. The molecule has 0 aliphatic heterocycles. The molecule has 0 aliphatic rings. The number of amides is 1. The van der Waals surface area contributed by atoms with Gasteiger partial charge in [-0.3, -0.25) is 4.79 Å². The molecule has 3 rings (SSSR count). The number of thiocarbonyl (C=S) groups is 1. The number of ether oxygens (including phenoxy) is 3. The van der Waals surface area contributed by atoms with E-state index in [1.807, 2.05) is 29.6 Å². The lowest BCUT2D eigenvalue weighted by Crippen LogP contribution is -2.34. The molecule has 0 fully saturated rings. The van der Waals surface area contributed by atoms with Crippen LogP contribution in [0, 0.1) is 0 Å². The maximum absolute atomic E-state index is 12.7. The summed E-state index contributed by atoms with van der Waals surface area (Å²) in [7, 11) is 1.59. The Labute approximate surface area is 218 Å². The van der Waals surface area contributed by atoms with Crippen LogP contribution in [0.1, 0.15) is 30.1 Å². The van der Waals surface area contributed by atoms with Crippen LogP contribution in [0.2, 0.25) is 5.02 Å². The number of methoxy groups -OCH3 is 1. The Morgan fingerprint density at radius 3 is 2.40 bits per heavy atom. The maximum atomic E-state index is 12.7. The molecular weight excluding hydrogens is 508 g/mol. The minimum absolute atomic E-state index is 0.0994. The molecular formula is C25H25ClN2O5S2. The van der Waals surface area contributed by atoms with E-state index in [1.165, 1.54) is 11.3 Å². The first-order chi connectivity index (χ1) is 16.9. The van der Waals surface area contributed by atoms with Crippen LogP contribution in [-0.2, 0) is 9.53 Å². The van der Waals surface area contributed by atoms with Gasteiger partial charge in [0.2, 0.25) is 5.91 Å². The molecule has 184 valence electrons. The van der Waals surface area contributed by atoms with Gasteiger partial charge in [-0.15, -0.1) is 11.3 Å². The van der Waals surface area contributed by atoms with Crippen LogP contribution in [0.4, 0.5) is 5.00 Å². The predicted octanol–water partition coefficient (Wildman–Crippen LogP) is 5.93. The summed E-state index contributed by atoms with van der Waals surface area (Å²) in [5.41, 5.74) is 1.89. The van der Waals surface area contributed by atoms with Crippen molar-refractivity contribution in [3.8, 4) is 22.6 Å². The summed E-state index contributed by atoms with van der Waals surface area (Å²) >= 11 is 12.5. The zero-order valence-corrected chi connectivity index (χ0v) is 21.6. The van der Waals surface area contributed by atoms with Crippen LogP contribution in [0.25, 0.3) is 11.1 Å². The van der Waals surface area contributed by atoms with Crippen molar-refractivity contribution >= 4 is 57.1 Å². The van der Waals surface area contributed by atoms with Gasteiger partial charge in [-0.05, 0) is 67.5 Å². The van der Waals surface area contributed by atoms with Gasteiger partial charge in [-0.1, -0.05) is 23.7 Å². The zero-order chi connectivity index (χ0) is 25.2. The number of hydrogen-bond donors (Lipinski definition) is 2. The molecule has 7 nitrogen and oxygen atoms in total. The number of hydrogen-bond acceptors (Lipinski definition) is 7. The fourth-order valence-corrected chi connectivity index (χ4v) is 4.48. The van der Waals surface area contributed by atoms with Gasteiger partial charge in [0, 0.05) is 22.4 Å². The summed E-state index contributed by atoms with van der Waals surface area (Å²) in [4.78, 5) is 25.0. The second kappa shape index (κ2) is 13.1. The van der Waals surface area contributed by atoms with E-state index in [1.54, 1.807) is 38.3 Å². The number of esters is 1. The van der Waals surface area contributed by atoms with E-state index in [9.17, 15) is 9.59 Å². The van der Waals surface area contributed by atoms with Gasteiger partial charge in [0.25, 0.3) is 0 Å². The van der Waals surface area contributed by atoms with Gasteiger partial charge in [-0.25, -0.2) is 4.79 Å². The molecule has 1 aromatic heterocycles. The highest BCUT2D eigenvalue weighted by Gasteiger charge is 2.22. The number of carbonyl (C=O) groups excluding carboxylic acids is 2. The molecule has 2 N–H and O–H groups in total. The molecule has 1 amide bonds.